The molecule has 2 nitrogen and oxygen atoms in total. The Balaban J connectivity index is 2.17. The zero-order valence-corrected chi connectivity index (χ0v) is 10.6. The van der Waals surface area contributed by atoms with Crippen LogP contribution in [0.1, 0.15) is 52.4 Å². The summed E-state index contributed by atoms with van der Waals surface area (Å²) in [5.74, 6) is 0.906. The molecule has 1 rings (SSSR count). The third-order valence-electron chi connectivity index (χ3n) is 3.66. The number of hydrogen-bond donors (Lipinski definition) is 1. The summed E-state index contributed by atoms with van der Waals surface area (Å²) in [6, 6.07) is 0.794. The molecule has 0 aliphatic heterocycles. The van der Waals surface area contributed by atoms with E-state index in [0.29, 0.717) is 0 Å². The Morgan fingerprint density at radius 2 is 2.13 bits per heavy atom. The fourth-order valence-corrected chi connectivity index (χ4v) is 2.62. The predicted octanol–water partition coefficient (Wildman–Crippen LogP) is 2.66. The van der Waals surface area contributed by atoms with Gasteiger partial charge < -0.3 is 10.0 Å². The summed E-state index contributed by atoms with van der Waals surface area (Å²) >= 11 is 0. The molecule has 0 spiro atoms. The fourth-order valence-electron chi connectivity index (χ4n) is 2.62. The summed E-state index contributed by atoms with van der Waals surface area (Å²) < 4.78 is 0. The second-order valence-electron chi connectivity index (χ2n) is 5.40. The smallest absolute Gasteiger partial charge is 0.0512 e. The van der Waals surface area contributed by atoms with E-state index in [4.69, 9.17) is 0 Å². The first kappa shape index (κ1) is 13.0. The first-order valence-corrected chi connectivity index (χ1v) is 6.48. The van der Waals surface area contributed by atoms with Crippen molar-refractivity contribution in [2.75, 3.05) is 13.6 Å². The van der Waals surface area contributed by atoms with Gasteiger partial charge in [-0.15, -0.1) is 0 Å². The molecule has 1 N–H and O–H groups in total. The molecule has 0 amide bonds. The van der Waals surface area contributed by atoms with Crippen LogP contribution in [0, 0.1) is 5.92 Å². The number of rotatable bonds is 5. The third-order valence-corrected chi connectivity index (χ3v) is 3.66. The average molecular weight is 213 g/mol. The Morgan fingerprint density at radius 1 is 1.40 bits per heavy atom. The van der Waals surface area contributed by atoms with Crippen molar-refractivity contribution >= 4 is 0 Å². The minimum atomic E-state index is -0.135. The van der Waals surface area contributed by atoms with Crippen molar-refractivity contribution in [3.8, 4) is 0 Å². The van der Waals surface area contributed by atoms with Crippen molar-refractivity contribution in [3.63, 3.8) is 0 Å². The van der Waals surface area contributed by atoms with Gasteiger partial charge in [-0.2, -0.15) is 0 Å². The molecule has 15 heavy (non-hydrogen) atoms. The lowest BCUT2D eigenvalue weighted by Crippen LogP contribution is -2.36. The molecule has 0 aromatic carbocycles. The second kappa shape index (κ2) is 6.49. The van der Waals surface area contributed by atoms with Crippen LogP contribution in [-0.2, 0) is 0 Å². The fraction of sp³-hybridized carbons (Fsp3) is 1.00. The Morgan fingerprint density at radius 3 is 2.73 bits per heavy atom. The SMILES string of the molecule is CC(O)CCCN(C)C1CCCC(C)C1. The van der Waals surface area contributed by atoms with Crippen LogP contribution in [0.3, 0.4) is 0 Å². The largest absolute Gasteiger partial charge is 0.393 e. The molecule has 0 aromatic heterocycles. The van der Waals surface area contributed by atoms with Gasteiger partial charge in [0.2, 0.25) is 0 Å². The number of nitrogens with zero attached hydrogens (tertiary/aromatic N) is 1. The Bertz CT molecular complexity index is 170. The highest BCUT2D eigenvalue weighted by atomic mass is 16.3. The van der Waals surface area contributed by atoms with Gasteiger partial charge in [0, 0.05) is 6.04 Å². The summed E-state index contributed by atoms with van der Waals surface area (Å²) in [4.78, 5) is 2.50. The topological polar surface area (TPSA) is 23.5 Å². The Kier molecular flexibility index (Phi) is 5.62. The molecule has 0 heterocycles. The van der Waals surface area contributed by atoms with Crippen molar-refractivity contribution in [3.05, 3.63) is 0 Å². The van der Waals surface area contributed by atoms with Gasteiger partial charge in [-0.1, -0.05) is 19.8 Å². The van der Waals surface area contributed by atoms with E-state index in [1.807, 2.05) is 6.92 Å². The number of aliphatic hydroxyl groups excluding tert-OH is 1. The van der Waals surface area contributed by atoms with Gasteiger partial charge in [-0.25, -0.2) is 0 Å². The van der Waals surface area contributed by atoms with Crippen molar-refractivity contribution < 1.29 is 5.11 Å². The van der Waals surface area contributed by atoms with Crippen LogP contribution in [0.25, 0.3) is 0 Å². The zero-order chi connectivity index (χ0) is 11.3. The molecule has 2 heteroatoms. The zero-order valence-electron chi connectivity index (χ0n) is 10.6. The molecule has 3 atom stereocenters. The highest BCUT2D eigenvalue weighted by molar-refractivity contribution is 4.77. The Hall–Kier alpha value is -0.0800. The van der Waals surface area contributed by atoms with Crippen LogP contribution in [0.2, 0.25) is 0 Å². The van der Waals surface area contributed by atoms with Crippen LogP contribution in [0.15, 0.2) is 0 Å². The van der Waals surface area contributed by atoms with Crippen molar-refractivity contribution in [2.24, 2.45) is 5.92 Å². The summed E-state index contributed by atoms with van der Waals surface area (Å²) in [5, 5.41) is 9.20. The molecule has 90 valence electrons. The first-order valence-electron chi connectivity index (χ1n) is 6.48. The predicted molar refractivity (Wildman–Crippen MR) is 65.0 cm³/mol. The van der Waals surface area contributed by atoms with Gasteiger partial charge in [0.15, 0.2) is 0 Å². The standard InChI is InChI=1S/C13H27NO/c1-11-6-4-8-13(10-11)14(3)9-5-7-12(2)15/h11-13,15H,4-10H2,1-3H3. The molecule has 3 unspecified atom stereocenters. The first-order chi connectivity index (χ1) is 7.09. The quantitative estimate of drug-likeness (QED) is 0.759. The average Bonchev–Trinajstić information content (AvgIpc) is 2.17. The molecular weight excluding hydrogens is 186 g/mol. The second-order valence-corrected chi connectivity index (χ2v) is 5.40. The van der Waals surface area contributed by atoms with Crippen molar-refractivity contribution in [1.82, 2.24) is 4.90 Å². The maximum Gasteiger partial charge on any atom is 0.0512 e. The maximum absolute atomic E-state index is 9.20. The van der Waals surface area contributed by atoms with Gasteiger partial charge in [-0.3, -0.25) is 0 Å². The van der Waals surface area contributed by atoms with Gasteiger partial charge in [0.1, 0.15) is 0 Å². The molecule has 0 aromatic rings. The lowest BCUT2D eigenvalue weighted by atomic mass is 9.86. The summed E-state index contributed by atoms with van der Waals surface area (Å²) in [7, 11) is 2.24. The molecule has 0 saturated heterocycles. The van der Waals surface area contributed by atoms with E-state index >= 15 is 0 Å². The van der Waals surface area contributed by atoms with Gasteiger partial charge >= 0.3 is 0 Å². The molecule has 1 aliphatic carbocycles. The van der Waals surface area contributed by atoms with E-state index in [0.717, 1.165) is 31.3 Å². The van der Waals surface area contributed by atoms with Crippen molar-refractivity contribution in [1.29, 1.82) is 0 Å². The summed E-state index contributed by atoms with van der Waals surface area (Å²) in [5.41, 5.74) is 0. The van der Waals surface area contributed by atoms with Crippen molar-refractivity contribution in [2.45, 2.75) is 64.5 Å². The van der Waals surface area contributed by atoms with Crippen LogP contribution in [0.5, 0.6) is 0 Å². The van der Waals surface area contributed by atoms with E-state index in [1.54, 1.807) is 0 Å². The van der Waals surface area contributed by atoms with E-state index < -0.39 is 0 Å². The highest BCUT2D eigenvalue weighted by Crippen LogP contribution is 2.26. The lowest BCUT2D eigenvalue weighted by Gasteiger charge is -2.34. The Labute approximate surface area is 94.7 Å². The summed E-state index contributed by atoms with van der Waals surface area (Å²) in [6.07, 6.45) is 7.47. The number of aliphatic hydroxyl groups is 1. The van der Waals surface area contributed by atoms with E-state index in [1.165, 1.54) is 25.7 Å². The van der Waals surface area contributed by atoms with Crippen LogP contribution >= 0.6 is 0 Å². The minimum absolute atomic E-state index is 0.135. The van der Waals surface area contributed by atoms with Gasteiger partial charge in [0.05, 0.1) is 6.10 Å². The number of hydrogen-bond acceptors (Lipinski definition) is 2. The maximum atomic E-state index is 9.20. The third kappa shape index (κ3) is 4.98. The highest BCUT2D eigenvalue weighted by Gasteiger charge is 2.21. The lowest BCUT2D eigenvalue weighted by molar-refractivity contribution is 0.143. The molecule has 1 fully saturated rings. The van der Waals surface area contributed by atoms with E-state index in [2.05, 4.69) is 18.9 Å². The molecule has 1 saturated carbocycles. The van der Waals surface area contributed by atoms with Crippen LogP contribution in [-0.4, -0.2) is 35.7 Å². The minimum Gasteiger partial charge on any atom is -0.393 e. The van der Waals surface area contributed by atoms with Gasteiger partial charge in [0.25, 0.3) is 0 Å². The normalized spacial score (nSPS) is 29.4. The molecule has 0 radical (unpaired) electrons. The van der Waals surface area contributed by atoms with Crippen LogP contribution in [0.4, 0.5) is 0 Å². The molecule has 1 aliphatic rings. The molecule has 0 bridgehead atoms. The van der Waals surface area contributed by atoms with E-state index in [-0.39, 0.29) is 6.10 Å². The van der Waals surface area contributed by atoms with Crippen LogP contribution < -0.4 is 0 Å². The van der Waals surface area contributed by atoms with Gasteiger partial charge in [-0.05, 0) is 52.1 Å². The molecular formula is C13H27NO. The monoisotopic (exact) mass is 213 g/mol. The van der Waals surface area contributed by atoms with E-state index in [9.17, 15) is 5.11 Å². The summed E-state index contributed by atoms with van der Waals surface area (Å²) in [6.45, 7) is 5.39.